The molecule has 0 aliphatic rings. The zero-order valence-corrected chi connectivity index (χ0v) is 10.7. The molecule has 0 spiro atoms. The molecule has 0 bridgehead atoms. The molecule has 0 radical (unpaired) electrons. The lowest BCUT2D eigenvalue weighted by molar-refractivity contribution is 0.526. The molecule has 0 fully saturated rings. The van der Waals surface area contributed by atoms with E-state index >= 15 is 0 Å². The van der Waals surface area contributed by atoms with Gasteiger partial charge in [-0.25, -0.2) is 0 Å². The Morgan fingerprint density at radius 1 is 1.07 bits per heavy atom. The third kappa shape index (κ3) is 8.83. The first-order valence-corrected chi connectivity index (χ1v) is 6.47. The molecule has 0 aromatic carbocycles. The molecule has 1 nitrogen and oxygen atoms in total. The van der Waals surface area contributed by atoms with E-state index in [1.54, 1.807) is 0 Å². The Kier molecular flexibility index (Phi) is 9.97. The molecule has 14 heavy (non-hydrogen) atoms. The summed E-state index contributed by atoms with van der Waals surface area (Å²) in [6.45, 7) is 8.66. The van der Waals surface area contributed by atoms with E-state index < -0.39 is 0 Å². The van der Waals surface area contributed by atoms with Crippen LogP contribution < -0.4 is 5.32 Å². The van der Waals surface area contributed by atoms with Gasteiger partial charge in [0, 0.05) is 11.9 Å². The lowest BCUT2D eigenvalue weighted by Gasteiger charge is -2.13. The van der Waals surface area contributed by atoms with Crippen molar-refractivity contribution in [3.63, 3.8) is 0 Å². The largest absolute Gasteiger partial charge is 0.315 e. The van der Waals surface area contributed by atoms with Crippen LogP contribution in [0.25, 0.3) is 0 Å². The summed E-state index contributed by atoms with van der Waals surface area (Å²) in [6, 6.07) is 0. The van der Waals surface area contributed by atoms with Gasteiger partial charge in [-0.1, -0.05) is 46.5 Å². The highest BCUT2D eigenvalue weighted by Gasteiger charge is 2.07. The second-order valence-corrected chi connectivity index (χ2v) is 4.94. The fraction of sp³-hybridized carbons (Fsp3) is 1.00. The number of hydrogen-bond acceptors (Lipinski definition) is 1. The van der Waals surface area contributed by atoms with Gasteiger partial charge in [0.15, 0.2) is 0 Å². The standard InChI is InChI=1S/C12H26ClN/c1-4-5-6-7-8-9-14-10-12(13)11(2)3/h11-12,14H,4-10H2,1-3H3. The molecule has 0 aliphatic carbocycles. The van der Waals surface area contributed by atoms with Crippen LogP contribution >= 0.6 is 11.6 Å². The molecule has 0 aromatic heterocycles. The molecule has 0 saturated carbocycles. The van der Waals surface area contributed by atoms with Gasteiger partial charge in [0.2, 0.25) is 0 Å². The van der Waals surface area contributed by atoms with Gasteiger partial charge >= 0.3 is 0 Å². The normalized spacial score (nSPS) is 13.5. The molecule has 0 saturated heterocycles. The van der Waals surface area contributed by atoms with E-state index in [9.17, 15) is 0 Å². The number of nitrogens with one attached hydrogen (secondary N) is 1. The van der Waals surface area contributed by atoms with Crippen LogP contribution in [0.2, 0.25) is 0 Å². The van der Waals surface area contributed by atoms with E-state index in [0.29, 0.717) is 5.92 Å². The van der Waals surface area contributed by atoms with E-state index in [1.165, 1.54) is 32.1 Å². The third-order valence-corrected chi connectivity index (χ3v) is 3.18. The van der Waals surface area contributed by atoms with Crippen molar-refractivity contribution in [2.75, 3.05) is 13.1 Å². The van der Waals surface area contributed by atoms with Crippen LogP contribution in [0.5, 0.6) is 0 Å². The van der Waals surface area contributed by atoms with Crippen molar-refractivity contribution in [2.24, 2.45) is 5.92 Å². The molecule has 0 rings (SSSR count). The Morgan fingerprint density at radius 3 is 2.29 bits per heavy atom. The first-order chi connectivity index (χ1) is 6.68. The maximum Gasteiger partial charge on any atom is 0.0483 e. The summed E-state index contributed by atoms with van der Waals surface area (Å²) < 4.78 is 0. The van der Waals surface area contributed by atoms with Crippen molar-refractivity contribution < 1.29 is 0 Å². The average molecular weight is 220 g/mol. The highest BCUT2D eigenvalue weighted by molar-refractivity contribution is 6.20. The number of unbranched alkanes of at least 4 members (excludes halogenated alkanes) is 4. The van der Waals surface area contributed by atoms with Crippen molar-refractivity contribution in [2.45, 2.75) is 58.3 Å². The Balaban J connectivity index is 3.06. The molecule has 0 aromatic rings. The van der Waals surface area contributed by atoms with Gasteiger partial charge in [0.05, 0.1) is 0 Å². The summed E-state index contributed by atoms with van der Waals surface area (Å²) in [5.41, 5.74) is 0. The lowest BCUT2D eigenvalue weighted by Crippen LogP contribution is -2.27. The van der Waals surface area contributed by atoms with Crippen LogP contribution in [-0.4, -0.2) is 18.5 Å². The zero-order valence-electron chi connectivity index (χ0n) is 9.98. The molecular formula is C12H26ClN. The summed E-state index contributed by atoms with van der Waals surface area (Å²) in [6.07, 6.45) is 6.73. The Morgan fingerprint density at radius 2 is 1.71 bits per heavy atom. The van der Waals surface area contributed by atoms with Crippen LogP contribution in [0.4, 0.5) is 0 Å². The van der Waals surface area contributed by atoms with Crippen molar-refractivity contribution >= 4 is 11.6 Å². The minimum Gasteiger partial charge on any atom is -0.315 e. The van der Waals surface area contributed by atoms with Crippen LogP contribution in [-0.2, 0) is 0 Å². The van der Waals surface area contributed by atoms with E-state index in [2.05, 4.69) is 26.1 Å². The number of alkyl halides is 1. The molecule has 1 atom stereocenters. The van der Waals surface area contributed by atoms with E-state index in [-0.39, 0.29) is 5.38 Å². The molecule has 1 unspecified atom stereocenters. The van der Waals surface area contributed by atoms with Gasteiger partial charge in [-0.15, -0.1) is 11.6 Å². The number of halogens is 1. The maximum absolute atomic E-state index is 6.12. The highest BCUT2D eigenvalue weighted by Crippen LogP contribution is 2.07. The monoisotopic (exact) mass is 219 g/mol. The number of rotatable bonds is 9. The Labute approximate surface area is 94.6 Å². The van der Waals surface area contributed by atoms with Crippen LogP contribution in [0.3, 0.4) is 0 Å². The van der Waals surface area contributed by atoms with Gasteiger partial charge in [-0.3, -0.25) is 0 Å². The quantitative estimate of drug-likeness (QED) is 0.460. The average Bonchev–Trinajstić information content (AvgIpc) is 2.16. The smallest absolute Gasteiger partial charge is 0.0483 e. The predicted molar refractivity (Wildman–Crippen MR) is 66.1 cm³/mol. The maximum atomic E-state index is 6.12. The van der Waals surface area contributed by atoms with Gasteiger partial charge in [-0.05, 0) is 18.9 Å². The molecular weight excluding hydrogens is 194 g/mol. The Bertz CT molecular complexity index is 115. The molecule has 0 aliphatic heterocycles. The molecule has 86 valence electrons. The predicted octanol–water partition coefficient (Wildman–Crippen LogP) is 3.81. The van der Waals surface area contributed by atoms with Gasteiger partial charge in [0.25, 0.3) is 0 Å². The minimum atomic E-state index is 0.283. The minimum absolute atomic E-state index is 0.283. The molecule has 1 N–H and O–H groups in total. The van der Waals surface area contributed by atoms with Crippen molar-refractivity contribution in [1.82, 2.24) is 5.32 Å². The first kappa shape index (κ1) is 14.2. The second-order valence-electron chi connectivity index (χ2n) is 4.38. The van der Waals surface area contributed by atoms with Crippen LogP contribution in [0.15, 0.2) is 0 Å². The van der Waals surface area contributed by atoms with Crippen LogP contribution in [0.1, 0.15) is 52.9 Å². The third-order valence-electron chi connectivity index (χ3n) is 2.52. The zero-order chi connectivity index (χ0) is 10.8. The highest BCUT2D eigenvalue weighted by atomic mass is 35.5. The summed E-state index contributed by atoms with van der Waals surface area (Å²) in [7, 11) is 0. The second kappa shape index (κ2) is 9.79. The van der Waals surface area contributed by atoms with E-state index in [4.69, 9.17) is 11.6 Å². The van der Waals surface area contributed by atoms with Crippen molar-refractivity contribution in [3.05, 3.63) is 0 Å². The van der Waals surface area contributed by atoms with Crippen molar-refractivity contribution in [3.8, 4) is 0 Å². The number of hydrogen-bond donors (Lipinski definition) is 1. The summed E-state index contributed by atoms with van der Waals surface area (Å²) in [5.74, 6) is 0.573. The lowest BCUT2D eigenvalue weighted by atomic mass is 10.1. The summed E-state index contributed by atoms with van der Waals surface area (Å²) in [5, 5.41) is 3.69. The summed E-state index contributed by atoms with van der Waals surface area (Å²) >= 11 is 6.12. The van der Waals surface area contributed by atoms with Crippen molar-refractivity contribution in [1.29, 1.82) is 0 Å². The van der Waals surface area contributed by atoms with Gasteiger partial charge in [-0.2, -0.15) is 0 Å². The van der Waals surface area contributed by atoms with E-state index in [0.717, 1.165) is 13.1 Å². The SMILES string of the molecule is CCCCCCCNCC(Cl)C(C)C. The Hall–Kier alpha value is 0.250. The van der Waals surface area contributed by atoms with Gasteiger partial charge in [0.1, 0.15) is 0 Å². The van der Waals surface area contributed by atoms with E-state index in [1.807, 2.05) is 0 Å². The molecule has 2 heteroatoms. The van der Waals surface area contributed by atoms with Gasteiger partial charge < -0.3 is 5.32 Å². The van der Waals surface area contributed by atoms with Crippen LogP contribution in [0, 0.1) is 5.92 Å². The molecule has 0 amide bonds. The topological polar surface area (TPSA) is 12.0 Å². The first-order valence-electron chi connectivity index (χ1n) is 6.03. The fourth-order valence-corrected chi connectivity index (χ4v) is 1.44. The fourth-order valence-electron chi connectivity index (χ4n) is 1.33. The molecule has 0 heterocycles. The summed E-state index contributed by atoms with van der Waals surface area (Å²) in [4.78, 5) is 0.